The largest absolute Gasteiger partial charge is 0.329 e. The van der Waals surface area contributed by atoms with E-state index in [0.717, 1.165) is 0 Å². The number of nitrogens with one attached hydrogen (secondary N) is 1. The SMILES string of the molecule is CC(C)(CN)C(=O)Nc1cccnc1-n1cncn1. The van der Waals surface area contributed by atoms with Gasteiger partial charge >= 0.3 is 0 Å². The highest BCUT2D eigenvalue weighted by Crippen LogP contribution is 2.20. The van der Waals surface area contributed by atoms with Gasteiger partial charge in [-0.1, -0.05) is 0 Å². The van der Waals surface area contributed by atoms with Gasteiger partial charge < -0.3 is 11.1 Å². The Morgan fingerprint density at radius 1 is 1.53 bits per heavy atom. The van der Waals surface area contributed by atoms with E-state index in [9.17, 15) is 4.79 Å². The summed E-state index contributed by atoms with van der Waals surface area (Å²) in [5, 5.41) is 6.82. The molecular weight excluding hydrogens is 244 g/mol. The highest BCUT2D eigenvalue weighted by atomic mass is 16.2. The third-order valence-electron chi connectivity index (χ3n) is 2.80. The smallest absolute Gasteiger partial charge is 0.231 e. The first-order valence-corrected chi connectivity index (χ1v) is 5.86. The summed E-state index contributed by atoms with van der Waals surface area (Å²) in [6, 6.07) is 3.50. The molecule has 7 heteroatoms. The Morgan fingerprint density at radius 2 is 2.32 bits per heavy atom. The molecule has 1 amide bonds. The van der Waals surface area contributed by atoms with Gasteiger partial charge in [0.25, 0.3) is 0 Å². The van der Waals surface area contributed by atoms with Crippen molar-refractivity contribution in [3.05, 3.63) is 31.0 Å². The molecule has 0 fully saturated rings. The van der Waals surface area contributed by atoms with Crippen molar-refractivity contribution in [3.63, 3.8) is 0 Å². The molecule has 0 unspecified atom stereocenters. The zero-order valence-corrected chi connectivity index (χ0v) is 10.9. The monoisotopic (exact) mass is 260 g/mol. The molecule has 100 valence electrons. The molecular formula is C12H16N6O. The molecule has 0 aliphatic rings. The van der Waals surface area contributed by atoms with E-state index in [4.69, 9.17) is 5.73 Å². The summed E-state index contributed by atoms with van der Waals surface area (Å²) in [6.45, 7) is 3.83. The molecule has 0 saturated heterocycles. The van der Waals surface area contributed by atoms with Gasteiger partial charge in [0.2, 0.25) is 5.91 Å². The number of nitrogens with zero attached hydrogens (tertiary/aromatic N) is 4. The number of carbonyl (C=O) groups excluding carboxylic acids is 1. The fourth-order valence-electron chi connectivity index (χ4n) is 1.38. The maximum absolute atomic E-state index is 12.1. The second-order valence-electron chi connectivity index (χ2n) is 4.76. The van der Waals surface area contributed by atoms with Gasteiger partial charge in [0, 0.05) is 12.7 Å². The molecule has 7 nitrogen and oxygen atoms in total. The predicted octanol–water partition coefficient (Wildman–Crippen LogP) is 0.586. The van der Waals surface area contributed by atoms with Crippen LogP contribution in [0.25, 0.3) is 5.82 Å². The van der Waals surface area contributed by atoms with Gasteiger partial charge in [-0.3, -0.25) is 4.79 Å². The molecule has 19 heavy (non-hydrogen) atoms. The minimum absolute atomic E-state index is 0.163. The van der Waals surface area contributed by atoms with Crippen molar-refractivity contribution in [1.82, 2.24) is 19.7 Å². The fraction of sp³-hybridized carbons (Fsp3) is 0.333. The molecule has 0 aliphatic carbocycles. The van der Waals surface area contributed by atoms with Crippen molar-refractivity contribution in [2.45, 2.75) is 13.8 Å². The lowest BCUT2D eigenvalue weighted by Gasteiger charge is -2.21. The summed E-state index contributed by atoms with van der Waals surface area (Å²) in [7, 11) is 0. The number of amides is 1. The van der Waals surface area contributed by atoms with Crippen LogP contribution >= 0.6 is 0 Å². The predicted molar refractivity (Wildman–Crippen MR) is 70.6 cm³/mol. The van der Waals surface area contributed by atoms with Crippen molar-refractivity contribution in [1.29, 1.82) is 0 Å². The Balaban J connectivity index is 2.29. The van der Waals surface area contributed by atoms with Crippen LogP contribution in [0.5, 0.6) is 0 Å². The zero-order valence-electron chi connectivity index (χ0n) is 10.9. The lowest BCUT2D eigenvalue weighted by atomic mass is 9.92. The quantitative estimate of drug-likeness (QED) is 0.838. The van der Waals surface area contributed by atoms with Gasteiger partial charge in [-0.2, -0.15) is 5.10 Å². The summed E-state index contributed by atoms with van der Waals surface area (Å²) >= 11 is 0. The van der Waals surface area contributed by atoms with E-state index in [1.807, 2.05) is 0 Å². The minimum atomic E-state index is -0.643. The van der Waals surface area contributed by atoms with Gasteiger partial charge in [0.15, 0.2) is 5.82 Å². The van der Waals surface area contributed by atoms with Crippen LogP contribution in [-0.2, 0) is 4.79 Å². The van der Waals surface area contributed by atoms with Crippen molar-refractivity contribution in [3.8, 4) is 5.82 Å². The molecule has 0 aromatic carbocycles. The third-order valence-corrected chi connectivity index (χ3v) is 2.80. The lowest BCUT2D eigenvalue weighted by Crippen LogP contribution is -2.37. The summed E-state index contributed by atoms with van der Waals surface area (Å²) < 4.78 is 1.49. The summed E-state index contributed by atoms with van der Waals surface area (Å²) in [4.78, 5) is 20.2. The fourth-order valence-corrected chi connectivity index (χ4v) is 1.38. The van der Waals surface area contributed by atoms with Crippen molar-refractivity contribution >= 4 is 11.6 Å². The van der Waals surface area contributed by atoms with E-state index in [1.54, 1.807) is 32.2 Å². The van der Waals surface area contributed by atoms with E-state index in [-0.39, 0.29) is 12.5 Å². The Morgan fingerprint density at radius 3 is 2.95 bits per heavy atom. The van der Waals surface area contributed by atoms with E-state index in [0.29, 0.717) is 11.5 Å². The average Bonchev–Trinajstić information content (AvgIpc) is 2.93. The maximum atomic E-state index is 12.1. The Bertz CT molecular complexity index is 563. The van der Waals surface area contributed by atoms with Crippen molar-refractivity contribution < 1.29 is 4.79 Å². The second kappa shape index (κ2) is 5.15. The van der Waals surface area contributed by atoms with Crippen LogP contribution in [0.15, 0.2) is 31.0 Å². The molecule has 2 aromatic heterocycles. The highest BCUT2D eigenvalue weighted by Gasteiger charge is 2.26. The zero-order chi connectivity index (χ0) is 13.9. The number of rotatable bonds is 4. The number of pyridine rings is 1. The van der Waals surface area contributed by atoms with Crippen LogP contribution in [0.4, 0.5) is 5.69 Å². The number of carbonyl (C=O) groups is 1. The maximum Gasteiger partial charge on any atom is 0.231 e. The van der Waals surface area contributed by atoms with E-state index < -0.39 is 5.41 Å². The Kier molecular flexibility index (Phi) is 3.57. The molecule has 0 spiro atoms. The standard InChI is InChI=1S/C12H16N6O/c1-12(2,6-13)11(19)17-9-4-3-5-15-10(9)18-8-14-7-16-18/h3-5,7-8H,6,13H2,1-2H3,(H,17,19). The number of hydrogen-bond acceptors (Lipinski definition) is 5. The summed E-state index contributed by atoms with van der Waals surface area (Å²) in [5.74, 6) is 0.352. The van der Waals surface area contributed by atoms with Gasteiger partial charge in [-0.25, -0.2) is 14.6 Å². The molecule has 0 bridgehead atoms. The average molecular weight is 260 g/mol. The van der Waals surface area contributed by atoms with E-state index >= 15 is 0 Å². The van der Waals surface area contributed by atoms with E-state index in [2.05, 4.69) is 20.4 Å². The highest BCUT2D eigenvalue weighted by molar-refractivity contribution is 5.96. The number of hydrogen-bond donors (Lipinski definition) is 2. The van der Waals surface area contributed by atoms with Crippen LogP contribution < -0.4 is 11.1 Å². The van der Waals surface area contributed by atoms with Gasteiger partial charge in [-0.05, 0) is 26.0 Å². The van der Waals surface area contributed by atoms with Crippen LogP contribution in [0.3, 0.4) is 0 Å². The Labute approximate surface area is 110 Å². The van der Waals surface area contributed by atoms with Gasteiger partial charge in [0.1, 0.15) is 12.7 Å². The third kappa shape index (κ3) is 2.76. The summed E-state index contributed by atoms with van der Waals surface area (Å²) in [6.07, 6.45) is 4.55. The van der Waals surface area contributed by atoms with E-state index in [1.165, 1.54) is 17.3 Å². The first-order chi connectivity index (χ1) is 9.04. The summed E-state index contributed by atoms with van der Waals surface area (Å²) in [5.41, 5.74) is 5.52. The number of nitrogens with two attached hydrogens (primary N) is 1. The van der Waals surface area contributed by atoms with Crippen LogP contribution in [0, 0.1) is 5.41 Å². The minimum Gasteiger partial charge on any atom is -0.329 e. The molecule has 0 aliphatic heterocycles. The molecule has 3 N–H and O–H groups in total. The van der Waals surface area contributed by atoms with Crippen LogP contribution in [-0.4, -0.2) is 32.2 Å². The van der Waals surface area contributed by atoms with Gasteiger partial charge in [-0.15, -0.1) is 0 Å². The van der Waals surface area contributed by atoms with Gasteiger partial charge in [0.05, 0.1) is 11.1 Å². The first-order valence-electron chi connectivity index (χ1n) is 5.86. The molecule has 2 heterocycles. The lowest BCUT2D eigenvalue weighted by molar-refractivity contribution is -0.123. The second-order valence-corrected chi connectivity index (χ2v) is 4.76. The molecule has 0 radical (unpaired) electrons. The topological polar surface area (TPSA) is 98.7 Å². The molecule has 0 atom stereocenters. The number of anilines is 1. The van der Waals surface area contributed by atoms with Crippen LogP contribution in [0.2, 0.25) is 0 Å². The molecule has 2 aromatic rings. The van der Waals surface area contributed by atoms with Crippen molar-refractivity contribution in [2.75, 3.05) is 11.9 Å². The number of aromatic nitrogens is 4. The Hall–Kier alpha value is -2.28. The van der Waals surface area contributed by atoms with Crippen molar-refractivity contribution in [2.24, 2.45) is 11.1 Å². The molecule has 0 saturated carbocycles. The normalized spacial score (nSPS) is 11.3. The van der Waals surface area contributed by atoms with Crippen LogP contribution in [0.1, 0.15) is 13.8 Å². The molecule has 2 rings (SSSR count). The first kappa shape index (κ1) is 13.2.